The summed E-state index contributed by atoms with van der Waals surface area (Å²) >= 11 is 0. The summed E-state index contributed by atoms with van der Waals surface area (Å²) in [6.45, 7) is 0.632. The molecule has 2 rings (SSSR count). The third kappa shape index (κ3) is 2.60. The molecule has 0 aromatic heterocycles. The van der Waals surface area contributed by atoms with E-state index in [1.165, 1.54) is 0 Å². The van der Waals surface area contributed by atoms with Crippen molar-refractivity contribution in [3.8, 4) is 0 Å². The van der Waals surface area contributed by atoms with Crippen LogP contribution >= 0.6 is 0 Å². The van der Waals surface area contributed by atoms with Crippen molar-refractivity contribution in [3.63, 3.8) is 0 Å². The number of amides is 1. The molecule has 2 unspecified atom stereocenters. The molecule has 0 radical (unpaired) electrons. The molecule has 5 heteroatoms. The van der Waals surface area contributed by atoms with Gasteiger partial charge in [-0.3, -0.25) is 9.59 Å². The average molecular weight is 241 g/mol. The molecule has 0 aliphatic heterocycles. The first-order valence-corrected chi connectivity index (χ1v) is 6.12. The van der Waals surface area contributed by atoms with Gasteiger partial charge in [-0.25, -0.2) is 0 Å². The van der Waals surface area contributed by atoms with Crippen LogP contribution in [-0.4, -0.2) is 36.2 Å². The smallest absolute Gasteiger partial charge is 0.307 e. The number of nitrogens with one attached hydrogen (secondary N) is 1. The average Bonchev–Trinajstić information content (AvgIpc) is 3.01. The summed E-state index contributed by atoms with van der Waals surface area (Å²) in [6.07, 6.45) is 4.39. The Hall–Kier alpha value is -1.10. The molecule has 5 nitrogen and oxygen atoms in total. The molecule has 2 saturated carbocycles. The Balaban J connectivity index is 1.83. The molecule has 0 saturated heterocycles. The van der Waals surface area contributed by atoms with Crippen molar-refractivity contribution in [1.29, 1.82) is 0 Å². The fourth-order valence-electron chi connectivity index (χ4n) is 2.45. The molecule has 96 valence electrons. The van der Waals surface area contributed by atoms with Crippen molar-refractivity contribution in [1.82, 2.24) is 5.32 Å². The molecule has 2 aliphatic carbocycles. The van der Waals surface area contributed by atoms with Crippen LogP contribution in [-0.2, 0) is 14.3 Å². The van der Waals surface area contributed by atoms with Crippen LogP contribution in [0.15, 0.2) is 0 Å². The van der Waals surface area contributed by atoms with Crippen molar-refractivity contribution in [2.75, 3.05) is 13.7 Å². The second-order valence-electron chi connectivity index (χ2n) is 5.15. The van der Waals surface area contributed by atoms with Crippen LogP contribution < -0.4 is 5.32 Å². The number of hydrogen-bond acceptors (Lipinski definition) is 3. The lowest BCUT2D eigenvalue weighted by atomic mass is 9.74. The number of carbonyl (C=O) groups is 2. The fourth-order valence-corrected chi connectivity index (χ4v) is 2.45. The van der Waals surface area contributed by atoms with Gasteiger partial charge in [-0.1, -0.05) is 0 Å². The fraction of sp³-hybridized carbons (Fsp3) is 0.833. The summed E-state index contributed by atoms with van der Waals surface area (Å²) < 4.78 is 5.04. The predicted octanol–water partition coefficient (Wildman–Crippen LogP) is 0.782. The third-order valence-electron chi connectivity index (χ3n) is 3.93. The number of hydrogen-bond donors (Lipinski definition) is 2. The van der Waals surface area contributed by atoms with E-state index < -0.39 is 11.9 Å². The van der Waals surface area contributed by atoms with Crippen molar-refractivity contribution in [2.24, 2.45) is 11.8 Å². The maximum absolute atomic E-state index is 11.9. The highest BCUT2D eigenvalue weighted by molar-refractivity contribution is 5.89. The van der Waals surface area contributed by atoms with Gasteiger partial charge in [0.05, 0.1) is 11.8 Å². The molecular formula is C12H19NO4. The van der Waals surface area contributed by atoms with Gasteiger partial charge in [0.1, 0.15) is 0 Å². The second kappa shape index (κ2) is 4.64. The van der Waals surface area contributed by atoms with Gasteiger partial charge in [-0.05, 0) is 32.1 Å². The highest BCUT2D eigenvalue weighted by Crippen LogP contribution is 2.41. The lowest BCUT2D eigenvalue weighted by Crippen LogP contribution is -2.54. The summed E-state index contributed by atoms with van der Waals surface area (Å²) in [5, 5.41) is 11.8. The van der Waals surface area contributed by atoms with Crippen molar-refractivity contribution < 1.29 is 19.4 Å². The van der Waals surface area contributed by atoms with Crippen LogP contribution in [0, 0.1) is 11.8 Å². The van der Waals surface area contributed by atoms with Gasteiger partial charge in [-0.2, -0.15) is 0 Å². The Kier molecular flexibility index (Phi) is 3.38. The van der Waals surface area contributed by atoms with Gasteiger partial charge in [0.25, 0.3) is 0 Å². The number of ether oxygens (including phenoxy) is 1. The normalized spacial score (nSPS) is 29.2. The highest BCUT2D eigenvalue weighted by atomic mass is 16.5. The van der Waals surface area contributed by atoms with E-state index in [0.29, 0.717) is 13.0 Å². The summed E-state index contributed by atoms with van der Waals surface area (Å²) in [5.74, 6) is -1.72. The molecule has 1 amide bonds. The SMILES string of the molecule is COCCC1(NC(=O)C2CC2C(=O)O)CCC1. The number of carboxylic acids is 1. The Bertz CT molecular complexity index is 324. The largest absolute Gasteiger partial charge is 0.481 e. The van der Waals surface area contributed by atoms with Crippen LogP contribution in [0.1, 0.15) is 32.1 Å². The van der Waals surface area contributed by atoms with E-state index in [-0.39, 0.29) is 17.4 Å². The number of aliphatic carboxylic acids is 1. The van der Waals surface area contributed by atoms with E-state index in [1.54, 1.807) is 7.11 Å². The number of rotatable bonds is 6. The van der Waals surface area contributed by atoms with Gasteiger partial charge < -0.3 is 15.2 Å². The first-order valence-electron chi connectivity index (χ1n) is 6.12. The van der Waals surface area contributed by atoms with Gasteiger partial charge in [0, 0.05) is 19.3 Å². The lowest BCUT2D eigenvalue weighted by molar-refractivity contribution is -0.140. The molecule has 0 heterocycles. The van der Waals surface area contributed by atoms with E-state index in [9.17, 15) is 9.59 Å². The Labute approximate surface area is 101 Å². The second-order valence-corrected chi connectivity index (χ2v) is 5.15. The zero-order valence-corrected chi connectivity index (χ0v) is 10.1. The molecule has 17 heavy (non-hydrogen) atoms. The van der Waals surface area contributed by atoms with Crippen LogP contribution in [0.2, 0.25) is 0 Å². The van der Waals surface area contributed by atoms with Gasteiger partial charge >= 0.3 is 5.97 Å². The van der Waals surface area contributed by atoms with Crippen LogP contribution in [0.3, 0.4) is 0 Å². The molecule has 2 aliphatic rings. The van der Waals surface area contributed by atoms with Crippen LogP contribution in [0.4, 0.5) is 0 Å². The topological polar surface area (TPSA) is 75.6 Å². The van der Waals surface area contributed by atoms with E-state index in [1.807, 2.05) is 0 Å². The van der Waals surface area contributed by atoms with E-state index in [2.05, 4.69) is 5.32 Å². The monoisotopic (exact) mass is 241 g/mol. The van der Waals surface area contributed by atoms with Crippen molar-refractivity contribution in [2.45, 2.75) is 37.6 Å². The molecule has 2 N–H and O–H groups in total. The number of methoxy groups -OCH3 is 1. The van der Waals surface area contributed by atoms with Gasteiger partial charge in [0.2, 0.25) is 5.91 Å². The maximum atomic E-state index is 11.9. The maximum Gasteiger partial charge on any atom is 0.307 e. The molecule has 2 fully saturated rings. The third-order valence-corrected chi connectivity index (χ3v) is 3.93. The minimum Gasteiger partial charge on any atom is -0.481 e. The first kappa shape index (κ1) is 12.4. The van der Waals surface area contributed by atoms with Gasteiger partial charge in [0.15, 0.2) is 0 Å². The first-order chi connectivity index (χ1) is 8.08. The lowest BCUT2D eigenvalue weighted by Gasteiger charge is -2.42. The highest BCUT2D eigenvalue weighted by Gasteiger charge is 2.50. The Morgan fingerprint density at radius 2 is 2.12 bits per heavy atom. The predicted molar refractivity (Wildman–Crippen MR) is 60.5 cm³/mol. The molecular weight excluding hydrogens is 222 g/mol. The molecule has 0 spiro atoms. The summed E-state index contributed by atoms with van der Waals surface area (Å²) in [6, 6.07) is 0. The van der Waals surface area contributed by atoms with E-state index in [4.69, 9.17) is 9.84 Å². The van der Waals surface area contributed by atoms with Gasteiger partial charge in [-0.15, -0.1) is 0 Å². The van der Waals surface area contributed by atoms with E-state index in [0.717, 1.165) is 25.7 Å². The summed E-state index contributed by atoms with van der Waals surface area (Å²) in [4.78, 5) is 22.6. The zero-order chi connectivity index (χ0) is 12.5. The number of carbonyl (C=O) groups excluding carboxylic acids is 1. The van der Waals surface area contributed by atoms with E-state index >= 15 is 0 Å². The quantitative estimate of drug-likeness (QED) is 0.720. The standard InChI is InChI=1S/C12H19NO4/c1-17-6-5-12(3-2-4-12)13-10(14)8-7-9(8)11(15)16/h8-9H,2-7H2,1H3,(H,13,14)(H,15,16). The molecule has 2 atom stereocenters. The molecule has 0 bridgehead atoms. The summed E-state index contributed by atoms with van der Waals surface area (Å²) in [7, 11) is 1.65. The Morgan fingerprint density at radius 3 is 2.53 bits per heavy atom. The molecule has 0 aromatic rings. The van der Waals surface area contributed by atoms with Crippen LogP contribution in [0.5, 0.6) is 0 Å². The molecule has 0 aromatic carbocycles. The number of carboxylic acid groups (broad SMARTS) is 1. The van der Waals surface area contributed by atoms with Crippen LogP contribution in [0.25, 0.3) is 0 Å². The Morgan fingerprint density at radius 1 is 1.41 bits per heavy atom. The van der Waals surface area contributed by atoms with Crippen molar-refractivity contribution >= 4 is 11.9 Å². The van der Waals surface area contributed by atoms with Crippen molar-refractivity contribution in [3.05, 3.63) is 0 Å². The zero-order valence-electron chi connectivity index (χ0n) is 10.1. The summed E-state index contributed by atoms with van der Waals surface area (Å²) in [5.41, 5.74) is -0.126. The minimum absolute atomic E-state index is 0.0896. The minimum atomic E-state index is -0.857.